The van der Waals surface area contributed by atoms with Crippen LogP contribution in [-0.4, -0.2) is 29.8 Å². The lowest BCUT2D eigenvalue weighted by Gasteiger charge is -2.29. The second-order valence-corrected chi connectivity index (χ2v) is 6.80. The number of primary amides is 1. The highest BCUT2D eigenvalue weighted by molar-refractivity contribution is 5.93. The first-order valence-corrected chi connectivity index (χ1v) is 8.59. The maximum absolute atomic E-state index is 14.8. The fraction of sp³-hybridized carbons (Fsp3) is 0.368. The highest BCUT2D eigenvalue weighted by atomic mass is 19.4. The van der Waals surface area contributed by atoms with Crippen LogP contribution in [0.4, 0.5) is 17.6 Å². The number of carbonyl (C=O) groups excluding carboxylic acids is 1. The van der Waals surface area contributed by atoms with Crippen molar-refractivity contribution in [1.82, 2.24) is 4.98 Å². The largest absolute Gasteiger partial charge is 0.431 e. The van der Waals surface area contributed by atoms with Gasteiger partial charge in [-0.3, -0.25) is 9.59 Å². The van der Waals surface area contributed by atoms with Gasteiger partial charge in [-0.1, -0.05) is 24.3 Å². The second-order valence-electron chi connectivity index (χ2n) is 6.80. The SMILES string of the molecule is NC(=O)c1cc(-c2ccc(CC3(F)CCOCC3)cc2)c(C(F)(F)F)[nH]c1=O. The van der Waals surface area contributed by atoms with Crippen LogP contribution in [0.15, 0.2) is 35.1 Å². The molecule has 0 unspecified atom stereocenters. The minimum Gasteiger partial charge on any atom is -0.381 e. The molecule has 0 atom stereocenters. The highest BCUT2D eigenvalue weighted by Crippen LogP contribution is 2.36. The van der Waals surface area contributed by atoms with Crippen molar-refractivity contribution in [2.45, 2.75) is 31.1 Å². The van der Waals surface area contributed by atoms with E-state index in [-0.39, 0.29) is 30.4 Å². The van der Waals surface area contributed by atoms with E-state index in [2.05, 4.69) is 0 Å². The number of rotatable bonds is 4. The predicted octanol–water partition coefficient (Wildman–Crippen LogP) is 3.22. The first-order valence-electron chi connectivity index (χ1n) is 8.59. The Morgan fingerprint density at radius 3 is 2.32 bits per heavy atom. The van der Waals surface area contributed by atoms with Gasteiger partial charge in [-0.05, 0) is 17.2 Å². The summed E-state index contributed by atoms with van der Waals surface area (Å²) < 4.78 is 59.9. The minimum absolute atomic E-state index is 0.120. The Hall–Kier alpha value is -2.68. The molecule has 1 aliphatic rings. The van der Waals surface area contributed by atoms with Gasteiger partial charge in [0.15, 0.2) is 0 Å². The molecule has 1 saturated heterocycles. The third-order valence-electron chi connectivity index (χ3n) is 4.76. The van der Waals surface area contributed by atoms with E-state index in [0.717, 1.165) is 6.07 Å². The molecule has 0 aliphatic carbocycles. The summed E-state index contributed by atoms with van der Waals surface area (Å²) in [6.45, 7) is 0.660. The summed E-state index contributed by atoms with van der Waals surface area (Å²) in [6, 6.07) is 6.67. The van der Waals surface area contributed by atoms with E-state index in [1.807, 2.05) is 0 Å². The van der Waals surface area contributed by atoms with E-state index in [1.54, 1.807) is 4.98 Å². The Kier molecular flexibility index (Phi) is 5.29. The van der Waals surface area contributed by atoms with Gasteiger partial charge in [0.25, 0.3) is 11.5 Å². The zero-order valence-corrected chi connectivity index (χ0v) is 14.7. The summed E-state index contributed by atoms with van der Waals surface area (Å²) in [7, 11) is 0. The molecule has 0 bridgehead atoms. The molecule has 1 aromatic carbocycles. The number of amides is 1. The number of H-pyrrole nitrogens is 1. The highest BCUT2D eigenvalue weighted by Gasteiger charge is 2.36. The van der Waals surface area contributed by atoms with Gasteiger partial charge in [0.2, 0.25) is 0 Å². The van der Waals surface area contributed by atoms with Crippen LogP contribution in [0.5, 0.6) is 0 Å². The molecule has 0 saturated carbocycles. The monoisotopic (exact) mass is 398 g/mol. The standard InChI is InChI=1S/C19H18F4N2O3/c20-18(5-7-28-8-6-18)10-11-1-3-12(4-2-11)13-9-14(16(24)26)17(27)25-15(13)19(21,22)23/h1-4,9H,5-8,10H2,(H2,24,26)(H,25,27). The quantitative estimate of drug-likeness (QED) is 0.776. The van der Waals surface area contributed by atoms with Crippen molar-refractivity contribution in [2.24, 2.45) is 5.73 Å². The van der Waals surface area contributed by atoms with Crippen LogP contribution in [-0.2, 0) is 17.3 Å². The van der Waals surface area contributed by atoms with Gasteiger partial charge < -0.3 is 15.5 Å². The summed E-state index contributed by atoms with van der Waals surface area (Å²) >= 11 is 0. The zero-order valence-electron chi connectivity index (χ0n) is 14.7. The van der Waals surface area contributed by atoms with Crippen molar-refractivity contribution < 1.29 is 27.1 Å². The molecule has 3 rings (SSSR count). The molecule has 0 radical (unpaired) electrons. The van der Waals surface area contributed by atoms with E-state index < -0.39 is 34.6 Å². The van der Waals surface area contributed by atoms with Crippen molar-refractivity contribution in [2.75, 3.05) is 13.2 Å². The number of ether oxygens (including phenoxy) is 1. The molecule has 1 fully saturated rings. The smallest absolute Gasteiger partial charge is 0.381 e. The number of pyridine rings is 1. The Labute approximate surface area is 157 Å². The Morgan fingerprint density at radius 2 is 1.79 bits per heavy atom. The molecule has 9 heteroatoms. The fourth-order valence-corrected chi connectivity index (χ4v) is 3.25. The molecule has 150 valence electrons. The lowest BCUT2D eigenvalue weighted by atomic mass is 9.88. The number of hydrogen-bond donors (Lipinski definition) is 2. The van der Waals surface area contributed by atoms with Gasteiger partial charge in [0.05, 0.1) is 0 Å². The van der Waals surface area contributed by atoms with Crippen LogP contribution in [0.25, 0.3) is 11.1 Å². The molecule has 2 heterocycles. The molecule has 0 spiro atoms. The summed E-state index contributed by atoms with van der Waals surface area (Å²) in [5.41, 5.74) is 0.970. The van der Waals surface area contributed by atoms with Gasteiger partial charge >= 0.3 is 6.18 Å². The molecule has 3 N–H and O–H groups in total. The van der Waals surface area contributed by atoms with E-state index in [0.29, 0.717) is 18.8 Å². The third kappa shape index (κ3) is 4.24. The van der Waals surface area contributed by atoms with Crippen molar-refractivity contribution in [3.05, 3.63) is 57.5 Å². The van der Waals surface area contributed by atoms with Crippen molar-refractivity contribution in [3.8, 4) is 11.1 Å². The van der Waals surface area contributed by atoms with E-state index in [4.69, 9.17) is 10.5 Å². The van der Waals surface area contributed by atoms with Gasteiger partial charge in [-0.25, -0.2) is 4.39 Å². The minimum atomic E-state index is -4.84. The molecule has 2 aromatic rings. The zero-order chi connectivity index (χ0) is 20.5. The first-order chi connectivity index (χ1) is 13.1. The average Bonchev–Trinajstić information content (AvgIpc) is 2.61. The maximum Gasteiger partial charge on any atom is 0.431 e. The Bertz CT molecular complexity index is 930. The normalized spacial score (nSPS) is 16.7. The number of benzene rings is 1. The van der Waals surface area contributed by atoms with Crippen LogP contribution in [0.1, 0.15) is 34.5 Å². The number of nitrogens with two attached hydrogens (primary N) is 1. The summed E-state index contributed by atoms with van der Waals surface area (Å²) in [6.07, 6.45) is -4.20. The molecule has 1 aliphatic heterocycles. The Balaban J connectivity index is 1.97. The van der Waals surface area contributed by atoms with Crippen LogP contribution in [0.3, 0.4) is 0 Å². The third-order valence-corrected chi connectivity index (χ3v) is 4.76. The number of alkyl halides is 4. The number of carbonyl (C=O) groups is 1. The molecule has 1 aromatic heterocycles. The summed E-state index contributed by atoms with van der Waals surface area (Å²) in [5.74, 6) is -1.13. The van der Waals surface area contributed by atoms with Crippen LogP contribution < -0.4 is 11.3 Å². The number of aromatic nitrogens is 1. The maximum atomic E-state index is 14.8. The molecule has 5 nitrogen and oxygen atoms in total. The topological polar surface area (TPSA) is 85.2 Å². The molecule has 1 amide bonds. The first kappa shape index (κ1) is 20.1. The number of aromatic amines is 1. The number of nitrogens with one attached hydrogen (secondary N) is 1. The number of halogens is 4. The van der Waals surface area contributed by atoms with Crippen molar-refractivity contribution in [1.29, 1.82) is 0 Å². The van der Waals surface area contributed by atoms with Gasteiger partial charge in [0.1, 0.15) is 16.9 Å². The Morgan fingerprint density at radius 1 is 1.18 bits per heavy atom. The average molecular weight is 398 g/mol. The van der Waals surface area contributed by atoms with E-state index >= 15 is 0 Å². The van der Waals surface area contributed by atoms with Gasteiger partial charge in [0, 0.05) is 38.0 Å². The number of hydrogen-bond acceptors (Lipinski definition) is 3. The van der Waals surface area contributed by atoms with Gasteiger partial charge in [-0.2, -0.15) is 13.2 Å². The van der Waals surface area contributed by atoms with E-state index in [1.165, 1.54) is 24.3 Å². The second kappa shape index (κ2) is 7.38. The lowest BCUT2D eigenvalue weighted by Crippen LogP contribution is -2.33. The van der Waals surface area contributed by atoms with Gasteiger partial charge in [-0.15, -0.1) is 0 Å². The molecule has 28 heavy (non-hydrogen) atoms. The van der Waals surface area contributed by atoms with E-state index in [9.17, 15) is 27.2 Å². The molecular formula is C19H18F4N2O3. The van der Waals surface area contributed by atoms with Crippen molar-refractivity contribution >= 4 is 5.91 Å². The van der Waals surface area contributed by atoms with Crippen LogP contribution >= 0.6 is 0 Å². The summed E-state index contributed by atoms with van der Waals surface area (Å²) in [5, 5.41) is 0. The molecular weight excluding hydrogens is 380 g/mol. The van der Waals surface area contributed by atoms with Crippen molar-refractivity contribution in [3.63, 3.8) is 0 Å². The van der Waals surface area contributed by atoms with Crippen LogP contribution in [0.2, 0.25) is 0 Å². The summed E-state index contributed by atoms with van der Waals surface area (Å²) in [4.78, 5) is 24.8. The fourth-order valence-electron chi connectivity index (χ4n) is 3.25. The lowest BCUT2D eigenvalue weighted by molar-refractivity contribution is -0.140. The van der Waals surface area contributed by atoms with Crippen LogP contribution in [0, 0.1) is 0 Å². The predicted molar refractivity (Wildman–Crippen MR) is 93.6 cm³/mol.